The van der Waals surface area contributed by atoms with Gasteiger partial charge in [0.05, 0.1) is 0 Å². The molecule has 1 N–H and O–H groups in total. The number of H-pyrrole nitrogens is 1. The first-order valence-electron chi connectivity index (χ1n) is 8.52. The van der Waals surface area contributed by atoms with E-state index in [-0.39, 0.29) is 5.91 Å². The Morgan fingerprint density at radius 3 is 2.57 bits per heavy atom. The second-order valence-electron chi connectivity index (χ2n) is 6.68. The van der Waals surface area contributed by atoms with Crippen molar-refractivity contribution in [2.75, 3.05) is 26.2 Å². The van der Waals surface area contributed by atoms with Gasteiger partial charge in [0, 0.05) is 47.6 Å². The lowest BCUT2D eigenvalue weighted by atomic mass is 10.1. The molecule has 1 amide bonds. The van der Waals surface area contributed by atoms with Crippen molar-refractivity contribution in [3.63, 3.8) is 0 Å². The Morgan fingerprint density at radius 2 is 1.83 bits per heavy atom. The molecule has 5 heteroatoms. The van der Waals surface area contributed by atoms with Gasteiger partial charge in [-0.3, -0.25) is 9.69 Å². The van der Waals surface area contributed by atoms with Crippen molar-refractivity contribution < 1.29 is 4.79 Å². The van der Waals surface area contributed by atoms with E-state index in [1.165, 1.54) is 25.7 Å². The molecular formula is C18H22BrN3O. The van der Waals surface area contributed by atoms with Gasteiger partial charge in [0.15, 0.2) is 0 Å². The van der Waals surface area contributed by atoms with Crippen molar-refractivity contribution in [3.8, 4) is 0 Å². The molecule has 2 aliphatic rings. The van der Waals surface area contributed by atoms with Crippen molar-refractivity contribution in [1.82, 2.24) is 14.8 Å². The highest BCUT2D eigenvalue weighted by Crippen LogP contribution is 2.25. The zero-order valence-corrected chi connectivity index (χ0v) is 14.8. The largest absolute Gasteiger partial charge is 0.350 e. The zero-order valence-electron chi connectivity index (χ0n) is 13.2. The van der Waals surface area contributed by atoms with Gasteiger partial charge in [-0.05, 0) is 31.0 Å². The first-order valence-corrected chi connectivity index (χ1v) is 9.31. The lowest BCUT2D eigenvalue weighted by Crippen LogP contribution is -2.51. The van der Waals surface area contributed by atoms with Gasteiger partial charge in [-0.1, -0.05) is 34.8 Å². The van der Waals surface area contributed by atoms with Gasteiger partial charge in [-0.2, -0.15) is 0 Å². The van der Waals surface area contributed by atoms with Gasteiger partial charge in [-0.25, -0.2) is 0 Å². The summed E-state index contributed by atoms with van der Waals surface area (Å²) in [5.74, 6) is 0.128. The van der Waals surface area contributed by atoms with E-state index in [0.717, 1.165) is 47.6 Å². The fourth-order valence-electron chi connectivity index (χ4n) is 3.94. The number of hydrogen-bond acceptors (Lipinski definition) is 2. The number of halogens is 1. The molecule has 1 aliphatic heterocycles. The summed E-state index contributed by atoms with van der Waals surface area (Å²) in [6.07, 6.45) is 5.42. The number of hydrogen-bond donors (Lipinski definition) is 1. The first kappa shape index (κ1) is 15.2. The van der Waals surface area contributed by atoms with Crippen LogP contribution in [0.3, 0.4) is 0 Å². The number of aromatic nitrogens is 1. The molecule has 4 nitrogen and oxygen atoms in total. The molecule has 0 atom stereocenters. The number of nitrogens with one attached hydrogen (secondary N) is 1. The molecule has 0 spiro atoms. The number of fused-ring (bicyclic) bond motifs is 1. The highest BCUT2D eigenvalue weighted by molar-refractivity contribution is 9.10. The van der Waals surface area contributed by atoms with E-state index >= 15 is 0 Å². The molecule has 1 saturated heterocycles. The normalized spacial score (nSPS) is 20.5. The fourth-order valence-corrected chi connectivity index (χ4v) is 4.31. The van der Waals surface area contributed by atoms with Crippen LogP contribution >= 0.6 is 15.9 Å². The van der Waals surface area contributed by atoms with Crippen LogP contribution in [0.4, 0.5) is 0 Å². The molecule has 122 valence electrons. The van der Waals surface area contributed by atoms with Crippen LogP contribution in [0, 0.1) is 0 Å². The predicted octanol–water partition coefficient (Wildman–Crippen LogP) is 3.63. The summed E-state index contributed by atoms with van der Waals surface area (Å²) in [6.45, 7) is 3.72. The summed E-state index contributed by atoms with van der Waals surface area (Å²) in [6, 6.07) is 8.78. The Balaban J connectivity index is 1.44. The molecule has 1 saturated carbocycles. The number of rotatable bonds is 2. The van der Waals surface area contributed by atoms with Gasteiger partial charge in [0.25, 0.3) is 5.91 Å². The third-order valence-electron chi connectivity index (χ3n) is 5.26. The SMILES string of the molecule is O=C(c1cc2ccc(Br)cc2[nH]1)N1CCN(C2CCCC2)CC1. The second kappa shape index (κ2) is 6.29. The van der Waals surface area contributed by atoms with E-state index in [0.29, 0.717) is 5.69 Å². The second-order valence-corrected chi connectivity index (χ2v) is 7.60. The average Bonchev–Trinajstić information content (AvgIpc) is 3.23. The molecule has 0 radical (unpaired) electrons. The summed E-state index contributed by atoms with van der Waals surface area (Å²) >= 11 is 3.47. The Bertz CT molecular complexity index is 712. The number of carbonyl (C=O) groups is 1. The van der Waals surface area contributed by atoms with Crippen LogP contribution in [-0.4, -0.2) is 52.9 Å². The van der Waals surface area contributed by atoms with Crippen LogP contribution in [0.5, 0.6) is 0 Å². The van der Waals surface area contributed by atoms with Gasteiger partial charge < -0.3 is 9.88 Å². The average molecular weight is 376 g/mol. The maximum Gasteiger partial charge on any atom is 0.270 e. The number of benzene rings is 1. The van der Waals surface area contributed by atoms with Crippen LogP contribution in [-0.2, 0) is 0 Å². The van der Waals surface area contributed by atoms with Crippen molar-refractivity contribution in [2.45, 2.75) is 31.7 Å². The lowest BCUT2D eigenvalue weighted by Gasteiger charge is -2.37. The molecule has 0 bridgehead atoms. The van der Waals surface area contributed by atoms with Gasteiger partial charge in [-0.15, -0.1) is 0 Å². The van der Waals surface area contributed by atoms with Crippen molar-refractivity contribution in [1.29, 1.82) is 0 Å². The Kier molecular flexibility index (Phi) is 4.16. The molecular weight excluding hydrogens is 354 g/mol. The fraction of sp³-hybridized carbons (Fsp3) is 0.500. The first-order chi connectivity index (χ1) is 11.2. The minimum atomic E-state index is 0.128. The van der Waals surface area contributed by atoms with E-state index in [1.807, 2.05) is 29.2 Å². The standard InChI is InChI=1S/C18H22BrN3O/c19-14-6-5-13-11-17(20-16(13)12-14)18(23)22-9-7-21(8-10-22)15-3-1-2-4-15/h5-6,11-12,15,20H,1-4,7-10H2. The van der Waals surface area contributed by atoms with Gasteiger partial charge in [0.1, 0.15) is 5.69 Å². The van der Waals surface area contributed by atoms with Crippen molar-refractivity contribution in [2.24, 2.45) is 0 Å². The summed E-state index contributed by atoms with van der Waals surface area (Å²) < 4.78 is 1.02. The van der Waals surface area contributed by atoms with Crippen molar-refractivity contribution in [3.05, 3.63) is 34.4 Å². The predicted molar refractivity (Wildman–Crippen MR) is 95.7 cm³/mol. The summed E-state index contributed by atoms with van der Waals surface area (Å²) in [5, 5.41) is 1.08. The van der Waals surface area contributed by atoms with Crippen LogP contribution in [0.25, 0.3) is 10.9 Å². The number of nitrogens with zero attached hydrogens (tertiary/aromatic N) is 2. The van der Waals surface area contributed by atoms with Crippen LogP contribution in [0.15, 0.2) is 28.7 Å². The minimum absolute atomic E-state index is 0.128. The maximum atomic E-state index is 12.7. The van der Waals surface area contributed by atoms with Crippen LogP contribution in [0.2, 0.25) is 0 Å². The summed E-state index contributed by atoms with van der Waals surface area (Å²) in [7, 11) is 0. The minimum Gasteiger partial charge on any atom is -0.350 e. The molecule has 23 heavy (non-hydrogen) atoms. The maximum absolute atomic E-state index is 12.7. The third-order valence-corrected chi connectivity index (χ3v) is 5.75. The third kappa shape index (κ3) is 3.04. The van der Waals surface area contributed by atoms with Crippen molar-refractivity contribution >= 4 is 32.7 Å². The smallest absolute Gasteiger partial charge is 0.270 e. The number of carbonyl (C=O) groups excluding carboxylic acids is 1. The number of piperazine rings is 1. The van der Waals surface area contributed by atoms with Gasteiger partial charge in [0.2, 0.25) is 0 Å². The molecule has 2 aromatic rings. The highest BCUT2D eigenvalue weighted by Gasteiger charge is 2.28. The molecule has 1 aliphatic carbocycles. The molecule has 2 fully saturated rings. The molecule has 1 aromatic heterocycles. The highest BCUT2D eigenvalue weighted by atomic mass is 79.9. The molecule has 1 aromatic carbocycles. The zero-order chi connectivity index (χ0) is 15.8. The summed E-state index contributed by atoms with van der Waals surface area (Å²) in [4.78, 5) is 20.6. The summed E-state index contributed by atoms with van der Waals surface area (Å²) in [5.41, 5.74) is 1.71. The molecule has 0 unspecified atom stereocenters. The Hall–Kier alpha value is -1.33. The van der Waals surface area contributed by atoms with E-state index in [9.17, 15) is 4.79 Å². The monoisotopic (exact) mass is 375 g/mol. The molecule has 2 heterocycles. The molecule has 4 rings (SSSR count). The Labute approximate surface area is 145 Å². The van der Waals surface area contributed by atoms with Gasteiger partial charge >= 0.3 is 0 Å². The van der Waals surface area contributed by atoms with E-state index in [4.69, 9.17) is 0 Å². The number of aromatic amines is 1. The number of amides is 1. The quantitative estimate of drug-likeness (QED) is 0.870. The topological polar surface area (TPSA) is 39.3 Å². The lowest BCUT2D eigenvalue weighted by molar-refractivity contribution is 0.0569. The van der Waals surface area contributed by atoms with E-state index < -0.39 is 0 Å². The van der Waals surface area contributed by atoms with E-state index in [1.54, 1.807) is 0 Å². The Morgan fingerprint density at radius 1 is 1.09 bits per heavy atom. The van der Waals surface area contributed by atoms with Crippen LogP contribution in [0.1, 0.15) is 36.2 Å². The van der Waals surface area contributed by atoms with Crippen LogP contribution < -0.4 is 0 Å². The van der Waals surface area contributed by atoms with E-state index in [2.05, 4.69) is 25.8 Å².